The zero-order chi connectivity index (χ0) is 15.2. The number of nitrogens with one attached hydrogen (secondary N) is 1. The molecule has 2 aromatic rings. The number of carbonyl (C=O) groups is 1. The Kier molecular flexibility index (Phi) is 5.47. The molecule has 0 saturated carbocycles. The highest BCUT2D eigenvalue weighted by molar-refractivity contribution is 9.10. The summed E-state index contributed by atoms with van der Waals surface area (Å²) in [7, 11) is 1.57. The number of carbonyl (C=O) groups excluding carboxylic acids is 1. The number of amides is 1. The molecule has 21 heavy (non-hydrogen) atoms. The fourth-order valence-electron chi connectivity index (χ4n) is 1.62. The highest BCUT2D eigenvalue weighted by Gasteiger charge is 2.08. The smallest absolute Gasteiger partial charge is 0.262 e. The number of rotatable bonds is 5. The molecule has 0 saturated heterocycles. The fourth-order valence-corrected chi connectivity index (χ4v) is 2.15. The van der Waals surface area contributed by atoms with Gasteiger partial charge in [-0.15, -0.1) is 0 Å². The molecule has 0 aliphatic rings. The summed E-state index contributed by atoms with van der Waals surface area (Å²) in [5, 5.41) is 3.30. The van der Waals surface area contributed by atoms with Gasteiger partial charge in [-0.3, -0.25) is 4.79 Å². The minimum absolute atomic E-state index is 0.107. The van der Waals surface area contributed by atoms with Crippen LogP contribution in [0.5, 0.6) is 11.5 Å². The molecular formula is C15H13BrClNO3. The quantitative estimate of drug-likeness (QED) is 0.861. The molecule has 0 fully saturated rings. The Morgan fingerprint density at radius 1 is 1.24 bits per heavy atom. The average Bonchev–Trinajstić information content (AvgIpc) is 2.47. The number of methoxy groups -OCH3 is 1. The van der Waals surface area contributed by atoms with Gasteiger partial charge in [-0.25, -0.2) is 0 Å². The van der Waals surface area contributed by atoms with Crippen molar-refractivity contribution in [3.05, 3.63) is 52.0 Å². The SMILES string of the molecule is COc1ccc(Br)c(NC(=O)COc2cccc(Cl)c2)c1. The maximum absolute atomic E-state index is 11.9. The first-order valence-corrected chi connectivity index (χ1v) is 7.27. The van der Waals surface area contributed by atoms with E-state index < -0.39 is 0 Å². The minimum Gasteiger partial charge on any atom is -0.497 e. The van der Waals surface area contributed by atoms with Gasteiger partial charge in [-0.1, -0.05) is 17.7 Å². The first-order valence-electron chi connectivity index (χ1n) is 6.10. The lowest BCUT2D eigenvalue weighted by Crippen LogP contribution is -2.20. The van der Waals surface area contributed by atoms with Crippen LogP contribution in [-0.2, 0) is 4.79 Å². The van der Waals surface area contributed by atoms with Gasteiger partial charge in [0.25, 0.3) is 5.91 Å². The molecule has 110 valence electrons. The van der Waals surface area contributed by atoms with E-state index >= 15 is 0 Å². The summed E-state index contributed by atoms with van der Waals surface area (Å²) in [5.41, 5.74) is 0.619. The van der Waals surface area contributed by atoms with Gasteiger partial charge >= 0.3 is 0 Å². The molecule has 1 amide bonds. The molecule has 0 aromatic heterocycles. The third-order valence-corrected chi connectivity index (χ3v) is 3.54. The molecule has 0 atom stereocenters. The van der Waals surface area contributed by atoms with E-state index in [9.17, 15) is 4.79 Å². The van der Waals surface area contributed by atoms with Gasteiger partial charge in [0, 0.05) is 15.6 Å². The second kappa shape index (κ2) is 7.33. The highest BCUT2D eigenvalue weighted by Crippen LogP contribution is 2.27. The first kappa shape index (κ1) is 15.7. The Hall–Kier alpha value is -1.72. The van der Waals surface area contributed by atoms with Crippen molar-refractivity contribution >= 4 is 39.1 Å². The number of anilines is 1. The van der Waals surface area contributed by atoms with Gasteiger partial charge in [-0.2, -0.15) is 0 Å². The van der Waals surface area contributed by atoms with Gasteiger partial charge < -0.3 is 14.8 Å². The van der Waals surface area contributed by atoms with Crippen molar-refractivity contribution in [2.75, 3.05) is 19.0 Å². The van der Waals surface area contributed by atoms with Gasteiger partial charge in [0.2, 0.25) is 0 Å². The Balaban J connectivity index is 1.96. The molecule has 2 rings (SSSR count). The molecule has 0 spiro atoms. The topological polar surface area (TPSA) is 47.6 Å². The highest BCUT2D eigenvalue weighted by atomic mass is 79.9. The van der Waals surface area contributed by atoms with Crippen molar-refractivity contribution in [1.29, 1.82) is 0 Å². The van der Waals surface area contributed by atoms with Crippen LogP contribution in [0.1, 0.15) is 0 Å². The van der Waals surface area contributed by atoms with Crippen LogP contribution in [-0.4, -0.2) is 19.6 Å². The largest absolute Gasteiger partial charge is 0.497 e. The summed E-state index contributed by atoms with van der Waals surface area (Å²) in [4.78, 5) is 11.9. The van der Waals surface area contributed by atoms with Crippen LogP contribution in [0.15, 0.2) is 46.9 Å². The number of hydrogen-bond acceptors (Lipinski definition) is 3. The van der Waals surface area contributed by atoms with Crippen LogP contribution >= 0.6 is 27.5 Å². The maximum Gasteiger partial charge on any atom is 0.262 e. The third-order valence-electron chi connectivity index (χ3n) is 2.61. The normalized spacial score (nSPS) is 10.0. The van der Waals surface area contributed by atoms with E-state index in [1.807, 2.05) is 0 Å². The first-order chi connectivity index (χ1) is 10.1. The molecule has 6 heteroatoms. The summed E-state index contributed by atoms with van der Waals surface area (Å²) in [6.07, 6.45) is 0. The zero-order valence-corrected chi connectivity index (χ0v) is 13.6. The second-order valence-electron chi connectivity index (χ2n) is 4.14. The van der Waals surface area contributed by atoms with Crippen molar-refractivity contribution in [1.82, 2.24) is 0 Å². The standard InChI is InChI=1S/C15H13BrClNO3/c1-20-11-5-6-13(16)14(8-11)18-15(19)9-21-12-4-2-3-10(17)7-12/h2-8H,9H2,1H3,(H,18,19). The van der Waals surface area contributed by atoms with E-state index in [0.29, 0.717) is 22.2 Å². The minimum atomic E-state index is -0.274. The fraction of sp³-hybridized carbons (Fsp3) is 0.133. The van der Waals surface area contributed by atoms with Gasteiger partial charge in [-0.05, 0) is 46.3 Å². The molecule has 0 radical (unpaired) electrons. The summed E-state index contributed by atoms with van der Waals surface area (Å²) in [6.45, 7) is -0.107. The lowest BCUT2D eigenvalue weighted by molar-refractivity contribution is -0.118. The predicted octanol–water partition coefficient (Wildman–Crippen LogP) is 4.13. The van der Waals surface area contributed by atoms with Crippen LogP contribution in [0.3, 0.4) is 0 Å². The van der Waals surface area contributed by atoms with Crippen LogP contribution < -0.4 is 14.8 Å². The maximum atomic E-state index is 11.9. The molecular weight excluding hydrogens is 358 g/mol. The molecule has 0 aliphatic carbocycles. The monoisotopic (exact) mass is 369 g/mol. The second-order valence-corrected chi connectivity index (χ2v) is 5.43. The van der Waals surface area contributed by atoms with Crippen LogP contribution in [0, 0.1) is 0 Å². The van der Waals surface area contributed by atoms with Crippen molar-refractivity contribution < 1.29 is 14.3 Å². The van der Waals surface area contributed by atoms with Gasteiger partial charge in [0.15, 0.2) is 6.61 Å². The summed E-state index contributed by atoms with van der Waals surface area (Å²) < 4.78 is 11.3. The van der Waals surface area contributed by atoms with Crippen LogP contribution in [0.2, 0.25) is 5.02 Å². The number of hydrogen-bond donors (Lipinski definition) is 1. The predicted molar refractivity (Wildman–Crippen MR) is 86.3 cm³/mol. The summed E-state index contributed by atoms with van der Waals surface area (Å²) in [5.74, 6) is 0.926. The summed E-state index contributed by atoms with van der Waals surface area (Å²) >= 11 is 9.21. The van der Waals surface area contributed by atoms with Crippen LogP contribution in [0.4, 0.5) is 5.69 Å². The van der Waals surface area contributed by atoms with Crippen LogP contribution in [0.25, 0.3) is 0 Å². The van der Waals surface area contributed by atoms with Gasteiger partial charge in [0.1, 0.15) is 11.5 Å². The Labute approximate surface area is 136 Å². The van der Waals surface area contributed by atoms with E-state index in [2.05, 4.69) is 21.2 Å². The van der Waals surface area contributed by atoms with E-state index in [4.69, 9.17) is 21.1 Å². The van der Waals surface area contributed by atoms with E-state index in [0.717, 1.165) is 4.47 Å². The van der Waals surface area contributed by atoms with Crippen molar-refractivity contribution in [2.45, 2.75) is 0 Å². The number of halogens is 2. The number of ether oxygens (including phenoxy) is 2. The molecule has 2 aromatic carbocycles. The molecule has 1 N–H and O–H groups in total. The molecule has 0 aliphatic heterocycles. The lowest BCUT2D eigenvalue weighted by Gasteiger charge is -2.10. The van der Waals surface area contributed by atoms with Crippen molar-refractivity contribution in [2.24, 2.45) is 0 Å². The number of benzene rings is 2. The summed E-state index contributed by atoms with van der Waals surface area (Å²) in [6, 6.07) is 12.2. The Morgan fingerprint density at radius 3 is 2.76 bits per heavy atom. The molecule has 0 heterocycles. The van der Waals surface area contributed by atoms with E-state index in [1.165, 1.54) is 0 Å². The molecule has 0 unspecified atom stereocenters. The molecule has 4 nitrogen and oxygen atoms in total. The molecule has 0 bridgehead atoms. The van der Waals surface area contributed by atoms with Crippen molar-refractivity contribution in [3.63, 3.8) is 0 Å². The Bertz CT molecular complexity index is 649. The Morgan fingerprint density at radius 2 is 2.05 bits per heavy atom. The zero-order valence-electron chi connectivity index (χ0n) is 11.2. The van der Waals surface area contributed by atoms with Gasteiger partial charge in [0.05, 0.1) is 12.8 Å². The van der Waals surface area contributed by atoms with Crippen molar-refractivity contribution in [3.8, 4) is 11.5 Å². The third kappa shape index (κ3) is 4.65. The average molecular weight is 371 g/mol. The van der Waals surface area contributed by atoms with E-state index in [1.54, 1.807) is 49.6 Å². The van der Waals surface area contributed by atoms with E-state index in [-0.39, 0.29) is 12.5 Å². The lowest BCUT2D eigenvalue weighted by atomic mass is 10.3.